The molecule has 0 radical (unpaired) electrons. The number of aromatic nitrogens is 2. The Labute approximate surface area is 45.7 Å². The summed E-state index contributed by atoms with van der Waals surface area (Å²) in [5, 5.41) is 13.9. The molecule has 4 nitrogen and oxygen atoms in total. The molecule has 1 N–H and O–H groups in total. The third-order valence-electron chi connectivity index (χ3n) is 0.631. The fourth-order valence-electron chi connectivity index (χ4n) is 0.349. The molecule has 1 aromatic rings. The first-order chi connectivity index (χ1) is 3.93. The summed E-state index contributed by atoms with van der Waals surface area (Å²) in [4.78, 5) is 0. The first-order valence-electron chi connectivity index (χ1n) is 1.99. The SMILES string of the molecule is N#COc1ccn[nH]1. The Kier molecular flexibility index (Phi) is 1.15. The van der Waals surface area contributed by atoms with Crippen molar-refractivity contribution in [3.8, 4) is 12.1 Å². The van der Waals surface area contributed by atoms with Crippen LogP contribution in [0.5, 0.6) is 5.88 Å². The summed E-state index contributed by atoms with van der Waals surface area (Å²) in [7, 11) is 0. The van der Waals surface area contributed by atoms with Crippen LogP contribution >= 0.6 is 0 Å². The number of nitrogens with one attached hydrogen (secondary N) is 1. The average Bonchev–Trinajstić information content (AvgIpc) is 2.19. The average molecular weight is 109 g/mol. The van der Waals surface area contributed by atoms with E-state index in [1.165, 1.54) is 12.5 Å². The molecule has 0 aliphatic carbocycles. The van der Waals surface area contributed by atoms with Crippen LogP contribution in [0.3, 0.4) is 0 Å². The molecule has 1 rings (SSSR count). The van der Waals surface area contributed by atoms with Crippen LogP contribution in [0, 0.1) is 11.5 Å². The highest BCUT2D eigenvalue weighted by molar-refractivity contribution is 5.05. The van der Waals surface area contributed by atoms with E-state index in [1.807, 2.05) is 0 Å². The quantitative estimate of drug-likeness (QED) is 0.526. The molecule has 0 aromatic carbocycles. The number of aromatic amines is 1. The standard InChI is InChI=1S/C4H3N3O/c5-3-8-4-1-2-6-7-4/h1-2H,(H,6,7). The summed E-state index contributed by atoms with van der Waals surface area (Å²) < 4.78 is 4.33. The highest BCUT2D eigenvalue weighted by Gasteiger charge is 1.87. The number of rotatable bonds is 1. The Hall–Kier alpha value is -1.50. The van der Waals surface area contributed by atoms with Crippen LogP contribution in [-0.4, -0.2) is 10.2 Å². The third-order valence-corrected chi connectivity index (χ3v) is 0.631. The van der Waals surface area contributed by atoms with Gasteiger partial charge in [0.05, 0.1) is 6.20 Å². The zero-order valence-corrected chi connectivity index (χ0v) is 3.96. The second-order valence-corrected chi connectivity index (χ2v) is 1.11. The van der Waals surface area contributed by atoms with Gasteiger partial charge in [-0.1, -0.05) is 0 Å². The van der Waals surface area contributed by atoms with Crippen molar-refractivity contribution in [2.75, 3.05) is 0 Å². The molecule has 0 saturated heterocycles. The van der Waals surface area contributed by atoms with Crippen LogP contribution in [0.4, 0.5) is 0 Å². The van der Waals surface area contributed by atoms with Crippen LogP contribution in [-0.2, 0) is 0 Å². The second-order valence-electron chi connectivity index (χ2n) is 1.11. The highest BCUT2D eigenvalue weighted by Crippen LogP contribution is 1.99. The molecule has 0 aliphatic rings. The van der Waals surface area contributed by atoms with Crippen molar-refractivity contribution in [1.82, 2.24) is 10.2 Å². The maximum Gasteiger partial charge on any atom is 0.293 e. The minimum Gasteiger partial charge on any atom is -0.368 e. The molecule has 0 unspecified atom stereocenters. The molecule has 1 aromatic heterocycles. The first-order valence-corrected chi connectivity index (χ1v) is 1.99. The number of hydrogen-bond acceptors (Lipinski definition) is 3. The van der Waals surface area contributed by atoms with Crippen LogP contribution in [0.15, 0.2) is 12.3 Å². The van der Waals surface area contributed by atoms with E-state index in [2.05, 4.69) is 14.9 Å². The summed E-state index contributed by atoms with van der Waals surface area (Å²) in [6.07, 6.45) is 3.01. The van der Waals surface area contributed by atoms with E-state index in [0.717, 1.165) is 0 Å². The number of H-pyrrole nitrogens is 1. The number of hydrogen-bond donors (Lipinski definition) is 1. The van der Waals surface area contributed by atoms with Gasteiger partial charge in [-0.05, 0) is 0 Å². The maximum atomic E-state index is 7.92. The number of nitrogens with zero attached hydrogens (tertiary/aromatic N) is 2. The largest absolute Gasteiger partial charge is 0.368 e. The maximum absolute atomic E-state index is 7.92. The lowest BCUT2D eigenvalue weighted by atomic mass is 10.7. The van der Waals surface area contributed by atoms with Gasteiger partial charge < -0.3 is 4.74 Å². The first kappa shape index (κ1) is 4.65. The van der Waals surface area contributed by atoms with E-state index in [9.17, 15) is 0 Å². The van der Waals surface area contributed by atoms with Gasteiger partial charge in [0, 0.05) is 6.07 Å². The minimum atomic E-state index is 0.368. The molecule has 0 fully saturated rings. The lowest BCUT2D eigenvalue weighted by Gasteiger charge is -1.81. The van der Waals surface area contributed by atoms with Gasteiger partial charge in [-0.15, -0.1) is 5.26 Å². The summed E-state index contributed by atoms with van der Waals surface area (Å²) in [6, 6.07) is 1.56. The Morgan fingerprint density at radius 1 is 1.88 bits per heavy atom. The molecule has 8 heavy (non-hydrogen) atoms. The molecular formula is C4H3N3O. The number of nitriles is 1. The summed E-state index contributed by atoms with van der Waals surface area (Å²) >= 11 is 0. The second kappa shape index (κ2) is 1.98. The summed E-state index contributed by atoms with van der Waals surface area (Å²) in [5.74, 6) is 0.368. The van der Waals surface area contributed by atoms with E-state index >= 15 is 0 Å². The summed E-state index contributed by atoms with van der Waals surface area (Å²) in [5.41, 5.74) is 0. The van der Waals surface area contributed by atoms with Crippen LogP contribution in [0.2, 0.25) is 0 Å². The zero-order valence-electron chi connectivity index (χ0n) is 3.96. The van der Waals surface area contributed by atoms with Gasteiger partial charge in [0.25, 0.3) is 6.26 Å². The Balaban J connectivity index is 2.67. The van der Waals surface area contributed by atoms with Gasteiger partial charge in [-0.3, -0.25) is 0 Å². The Morgan fingerprint density at radius 3 is 3.25 bits per heavy atom. The van der Waals surface area contributed by atoms with Gasteiger partial charge in [0.15, 0.2) is 0 Å². The molecular weight excluding hydrogens is 106 g/mol. The molecule has 0 amide bonds. The van der Waals surface area contributed by atoms with Gasteiger partial charge >= 0.3 is 0 Å². The van der Waals surface area contributed by atoms with E-state index in [1.54, 1.807) is 6.07 Å². The molecule has 0 saturated carbocycles. The fourth-order valence-corrected chi connectivity index (χ4v) is 0.349. The lowest BCUT2D eigenvalue weighted by Crippen LogP contribution is -1.79. The molecule has 1 heterocycles. The predicted octanol–water partition coefficient (Wildman–Crippen LogP) is 0.270. The van der Waals surface area contributed by atoms with Gasteiger partial charge in [0.1, 0.15) is 0 Å². The van der Waals surface area contributed by atoms with E-state index < -0.39 is 0 Å². The van der Waals surface area contributed by atoms with Gasteiger partial charge in [0.2, 0.25) is 5.88 Å². The normalized spacial score (nSPS) is 7.88. The van der Waals surface area contributed by atoms with Gasteiger partial charge in [-0.2, -0.15) is 5.10 Å². The van der Waals surface area contributed by atoms with Crippen molar-refractivity contribution in [1.29, 1.82) is 5.26 Å². The lowest BCUT2D eigenvalue weighted by molar-refractivity contribution is 0.484. The van der Waals surface area contributed by atoms with Crippen molar-refractivity contribution >= 4 is 0 Å². The monoisotopic (exact) mass is 109 g/mol. The molecule has 4 heteroatoms. The molecule has 0 atom stereocenters. The van der Waals surface area contributed by atoms with Crippen molar-refractivity contribution in [2.45, 2.75) is 0 Å². The Bertz CT molecular complexity index is 186. The van der Waals surface area contributed by atoms with Crippen LogP contribution < -0.4 is 4.74 Å². The zero-order chi connectivity index (χ0) is 5.82. The van der Waals surface area contributed by atoms with E-state index in [0.29, 0.717) is 5.88 Å². The van der Waals surface area contributed by atoms with Crippen molar-refractivity contribution in [3.63, 3.8) is 0 Å². The number of ether oxygens (including phenoxy) is 1. The molecule has 0 aliphatic heterocycles. The smallest absolute Gasteiger partial charge is 0.293 e. The molecule has 0 bridgehead atoms. The summed E-state index contributed by atoms with van der Waals surface area (Å²) in [6.45, 7) is 0. The van der Waals surface area contributed by atoms with Crippen molar-refractivity contribution in [3.05, 3.63) is 12.3 Å². The van der Waals surface area contributed by atoms with E-state index in [-0.39, 0.29) is 0 Å². The van der Waals surface area contributed by atoms with Crippen LogP contribution in [0.1, 0.15) is 0 Å². The highest BCUT2D eigenvalue weighted by atomic mass is 16.5. The van der Waals surface area contributed by atoms with Crippen LogP contribution in [0.25, 0.3) is 0 Å². The third kappa shape index (κ3) is 0.763. The molecule has 0 spiro atoms. The van der Waals surface area contributed by atoms with Crippen molar-refractivity contribution < 1.29 is 4.74 Å². The Morgan fingerprint density at radius 2 is 2.75 bits per heavy atom. The minimum absolute atomic E-state index is 0.368. The topological polar surface area (TPSA) is 61.7 Å². The van der Waals surface area contributed by atoms with Crippen molar-refractivity contribution in [2.24, 2.45) is 0 Å². The molecule has 40 valence electrons. The predicted molar refractivity (Wildman–Crippen MR) is 24.8 cm³/mol. The van der Waals surface area contributed by atoms with E-state index in [4.69, 9.17) is 5.26 Å². The van der Waals surface area contributed by atoms with Gasteiger partial charge in [-0.25, -0.2) is 5.10 Å². The fraction of sp³-hybridized carbons (Fsp3) is 0.